The lowest BCUT2D eigenvalue weighted by molar-refractivity contribution is -0.116. The number of amides is 1. The number of hydrogen-bond acceptors (Lipinski definition) is 7. The number of anilines is 1. The van der Waals surface area contributed by atoms with Crippen molar-refractivity contribution in [2.24, 2.45) is 0 Å². The first-order valence-electron chi connectivity index (χ1n) is 9.30. The highest BCUT2D eigenvalue weighted by atomic mass is 32.2. The van der Waals surface area contributed by atoms with Gasteiger partial charge < -0.3 is 24.3 Å². The molecule has 0 spiro atoms. The number of ether oxygens (including phenoxy) is 4. The quantitative estimate of drug-likeness (QED) is 0.676. The van der Waals surface area contributed by atoms with Crippen molar-refractivity contribution in [2.45, 2.75) is 11.8 Å². The van der Waals surface area contributed by atoms with Crippen LogP contribution in [-0.2, 0) is 14.8 Å². The summed E-state index contributed by atoms with van der Waals surface area (Å²) in [5.41, 5.74) is 0.490. The van der Waals surface area contributed by atoms with Crippen LogP contribution in [0.1, 0.15) is 6.92 Å². The van der Waals surface area contributed by atoms with Crippen LogP contribution >= 0.6 is 0 Å². The van der Waals surface area contributed by atoms with Crippen LogP contribution in [0.4, 0.5) is 5.69 Å². The number of hydrogen-bond donors (Lipinski definition) is 1. The van der Waals surface area contributed by atoms with E-state index < -0.39 is 15.9 Å². The zero-order valence-corrected chi connectivity index (χ0v) is 17.8. The van der Waals surface area contributed by atoms with Crippen LogP contribution in [0.3, 0.4) is 0 Å². The van der Waals surface area contributed by atoms with Gasteiger partial charge in [-0.05, 0) is 24.3 Å². The highest BCUT2D eigenvalue weighted by Crippen LogP contribution is 2.33. The highest BCUT2D eigenvalue weighted by molar-refractivity contribution is 7.89. The van der Waals surface area contributed by atoms with E-state index in [1.807, 2.05) is 0 Å². The van der Waals surface area contributed by atoms with Gasteiger partial charge in [0.1, 0.15) is 13.2 Å². The molecule has 1 heterocycles. The van der Waals surface area contributed by atoms with Crippen LogP contribution in [0.15, 0.2) is 41.3 Å². The molecule has 3 rings (SSSR count). The molecule has 0 unspecified atom stereocenters. The molecule has 0 aliphatic carbocycles. The summed E-state index contributed by atoms with van der Waals surface area (Å²) in [6.45, 7) is 2.33. The summed E-state index contributed by atoms with van der Waals surface area (Å²) in [6, 6.07) is 9.31. The van der Waals surface area contributed by atoms with Gasteiger partial charge in [-0.25, -0.2) is 8.42 Å². The molecule has 0 radical (unpaired) electrons. The molecule has 0 aromatic heterocycles. The van der Waals surface area contributed by atoms with Gasteiger partial charge in [0, 0.05) is 24.4 Å². The Hall–Kier alpha value is -2.98. The molecule has 2 aromatic carbocycles. The van der Waals surface area contributed by atoms with E-state index >= 15 is 0 Å². The lowest BCUT2D eigenvalue weighted by Gasteiger charge is -2.21. The molecule has 1 aliphatic heterocycles. The molecule has 2 aromatic rings. The second-order valence-electron chi connectivity index (χ2n) is 6.35. The number of carbonyl (C=O) groups is 1. The number of nitrogens with zero attached hydrogens (tertiary/aromatic N) is 1. The van der Waals surface area contributed by atoms with Gasteiger partial charge >= 0.3 is 0 Å². The van der Waals surface area contributed by atoms with Crippen molar-refractivity contribution in [3.05, 3.63) is 36.4 Å². The molecular weight excluding hydrogens is 412 g/mol. The number of carbonyl (C=O) groups excluding carboxylic acids is 1. The van der Waals surface area contributed by atoms with Gasteiger partial charge in [-0.3, -0.25) is 4.79 Å². The van der Waals surface area contributed by atoms with Gasteiger partial charge in [0.25, 0.3) is 0 Å². The van der Waals surface area contributed by atoms with Crippen molar-refractivity contribution in [3.63, 3.8) is 0 Å². The standard InChI is InChI=1S/C20H24N2O7S/c1-4-22(30(24,25)15-6-8-16(26-2)18(12-15)27-3)13-20(23)21-14-5-7-17-19(11-14)29-10-9-28-17/h5-8,11-12H,4,9-10,13H2,1-3H3,(H,21,23). The zero-order valence-electron chi connectivity index (χ0n) is 17.0. The lowest BCUT2D eigenvalue weighted by atomic mass is 10.2. The maximum absolute atomic E-state index is 13.0. The summed E-state index contributed by atoms with van der Waals surface area (Å²) >= 11 is 0. The van der Waals surface area contributed by atoms with E-state index in [4.69, 9.17) is 18.9 Å². The highest BCUT2D eigenvalue weighted by Gasteiger charge is 2.26. The van der Waals surface area contributed by atoms with E-state index in [1.54, 1.807) is 25.1 Å². The summed E-state index contributed by atoms with van der Waals surface area (Å²) in [5.74, 6) is 1.36. The average molecular weight is 436 g/mol. The molecule has 1 amide bonds. The molecule has 10 heteroatoms. The Morgan fingerprint density at radius 3 is 2.40 bits per heavy atom. The molecular formula is C20H24N2O7S. The van der Waals surface area contributed by atoms with E-state index in [1.165, 1.54) is 32.4 Å². The van der Waals surface area contributed by atoms with E-state index in [2.05, 4.69) is 5.32 Å². The number of likely N-dealkylation sites (N-methyl/N-ethyl adjacent to an activating group) is 1. The van der Waals surface area contributed by atoms with Crippen LogP contribution < -0.4 is 24.3 Å². The molecule has 0 fully saturated rings. The van der Waals surface area contributed by atoms with Crippen molar-refractivity contribution < 1.29 is 32.2 Å². The Morgan fingerprint density at radius 1 is 1.03 bits per heavy atom. The Bertz CT molecular complexity index is 1020. The molecule has 0 atom stereocenters. The lowest BCUT2D eigenvalue weighted by Crippen LogP contribution is -2.37. The first-order valence-corrected chi connectivity index (χ1v) is 10.7. The van der Waals surface area contributed by atoms with Crippen molar-refractivity contribution >= 4 is 21.6 Å². The minimum absolute atomic E-state index is 0.00845. The van der Waals surface area contributed by atoms with Crippen molar-refractivity contribution in [2.75, 3.05) is 45.8 Å². The van der Waals surface area contributed by atoms with Gasteiger partial charge in [0.2, 0.25) is 15.9 Å². The van der Waals surface area contributed by atoms with Crippen LogP contribution in [0.5, 0.6) is 23.0 Å². The van der Waals surface area contributed by atoms with Crippen LogP contribution in [0.2, 0.25) is 0 Å². The predicted molar refractivity (Wildman–Crippen MR) is 110 cm³/mol. The monoisotopic (exact) mass is 436 g/mol. The number of nitrogens with one attached hydrogen (secondary N) is 1. The van der Waals surface area contributed by atoms with E-state index in [-0.39, 0.29) is 23.7 Å². The minimum atomic E-state index is -3.92. The topological polar surface area (TPSA) is 103 Å². The molecule has 162 valence electrons. The molecule has 0 saturated carbocycles. The second kappa shape index (κ2) is 9.23. The second-order valence-corrected chi connectivity index (χ2v) is 8.29. The molecule has 0 saturated heterocycles. The van der Waals surface area contributed by atoms with Crippen LogP contribution in [0.25, 0.3) is 0 Å². The van der Waals surface area contributed by atoms with Gasteiger partial charge in [0.05, 0.1) is 25.7 Å². The zero-order chi connectivity index (χ0) is 21.7. The summed E-state index contributed by atoms with van der Waals surface area (Å²) in [5, 5.41) is 2.70. The Kier molecular flexibility index (Phi) is 6.68. The Balaban J connectivity index is 1.74. The largest absolute Gasteiger partial charge is 0.493 e. The SMILES string of the molecule is CCN(CC(=O)Nc1ccc2c(c1)OCCO2)S(=O)(=O)c1ccc(OC)c(OC)c1. The number of sulfonamides is 1. The average Bonchev–Trinajstić information content (AvgIpc) is 2.76. The normalized spacial score (nSPS) is 13.1. The summed E-state index contributed by atoms with van der Waals surface area (Å²) in [7, 11) is -1.03. The summed E-state index contributed by atoms with van der Waals surface area (Å²) < 4.78 is 48.4. The third kappa shape index (κ3) is 4.60. The van der Waals surface area contributed by atoms with E-state index in [9.17, 15) is 13.2 Å². The molecule has 30 heavy (non-hydrogen) atoms. The van der Waals surface area contributed by atoms with Gasteiger partial charge in [-0.15, -0.1) is 0 Å². The smallest absolute Gasteiger partial charge is 0.243 e. The minimum Gasteiger partial charge on any atom is -0.493 e. The first-order chi connectivity index (χ1) is 14.4. The molecule has 9 nitrogen and oxygen atoms in total. The van der Waals surface area contributed by atoms with Gasteiger partial charge in [0.15, 0.2) is 23.0 Å². The first kappa shape index (κ1) is 21.7. The van der Waals surface area contributed by atoms with Gasteiger partial charge in [-0.1, -0.05) is 6.92 Å². The maximum Gasteiger partial charge on any atom is 0.243 e. The number of benzene rings is 2. The summed E-state index contributed by atoms with van der Waals surface area (Å²) in [6.07, 6.45) is 0. The predicted octanol–water partition coefficient (Wildman–Crippen LogP) is 2.12. The van der Waals surface area contributed by atoms with Gasteiger partial charge in [-0.2, -0.15) is 4.31 Å². The maximum atomic E-state index is 13.0. The van der Waals surface area contributed by atoms with E-state index in [0.29, 0.717) is 36.1 Å². The third-order valence-electron chi connectivity index (χ3n) is 4.49. The fraction of sp³-hybridized carbons (Fsp3) is 0.350. The Labute approximate surface area is 175 Å². The van der Waals surface area contributed by atoms with E-state index in [0.717, 1.165) is 4.31 Å². The third-order valence-corrected chi connectivity index (χ3v) is 6.41. The number of rotatable bonds is 8. The van der Waals surface area contributed by atoms with Crippen molar-refractivity contribution in [3.8, 4) is 23.0 Å². The number of methoxy groups -OCH3 is 2. The van der Waals surface area contributed by atoms with Crippen molar-refractivity contribution in [1.82, 2.24) is 4.31 Å². The Morgan fingerprint density at radius 2 is 1.73 bits per heavy atom. The van der Waals surface area contributed by atoms with Crippen LogP contribution in [-0.4, -0.2) is 59.2 Å². The van der Waals surface area contributed by atoms with Crippen molar-refractivity contribution in [1.29, 1.82) is 0 Å². The summed E-state index contributed by atoms with van der Waals surface area (Å²) in [4.78, 5) is 12.5. The molecule has 0 bridgehead atoms. The number of fused-ring (bicyclic) bond motifs is 1. The molecule has 1 aliphatic rings. The fourth-order valence-corrected chi connectivity index (χ4v) is 4.40. The van der Waals surface area contributed by atoms with Crippen LogP contribution in [0, 0.1) is 0 Å². The molecule has 1 N–H and O–H groups in total. The fourth-order valence-electron chi connectivity index (χ4n) is 2.97.